The molecule has 4 rings (SSSR count). The Hall–Kier alpha value is -2.40. The van der Waals surface area contributed by atoms with Crippen LogP contribution in [0.15, 0.2) is 48.8 Å². The van der Waals surface area contributed by atoms with E-state index in [0.29, 0.717) is 12.1 Å². The van der Waals surface area contributed by atoms with Gasteiger partial charge < -0.3 is 14.7 Å². The standard InChI is InChI=1S/C21H26N4O/c26-21(18-7-6-10-22-17-18)25-16-15-24(19-8-2-3-9-20(19)25)14-13-23-11-4-1-5-12-23/h2-3,6-10,17H,1,4-5,11-16H2. The second kappa shape index (κ2) is 7.87. The number of pyridine rings is 1. The molecule has 5 nitrogen and oxygen atoms in total. The van der Waals surface area contributed by atoms with E-state index in [9.17, 15) is 4.79 Å². The lowest BCUT2D eigenvalue weighted by atomic mass is 10.1. The van der Waals surface area contributed by atoms with Gasteiger partial charge in [-0.2, -0.15) is 0 Å². The molecular weight excluding hydrogens is 324 g/mol. The van der Waals surface area contributed by atoms with E-state index in [-0.39, 0.29) is 5.91 Å². The summed E-state index contributed by atoms with van der Waals surface area (Å²) in [7, 11) is 0. The fourth-order valence-electron chi connectivity index (χ4n) is 3.95. The highest BCUT2D eigenvalue weighted by Crippen LogP contribution is 2.33. The normalized spacial score (nSPS) is 17.8. The van der Waals surface area contributed by atoms with Crippen LogP contribution in [-0.4, -0.2) is 55.1 Å². The zero-order valence-corrected chi connectivity index (χ0v) is 15.2. The van der Waals surface area contributed by atoms with Crippen molar-refractivity contribution in [3.05, 3.63) is 54.4 Å². The number of carbonyl (C=O) groups is 1. The van der Waals surface area contributed by atoms with Gasteiger partial charge in [0.25, 0.3) is 5.91 Å². The van der Waals surface area contributed by atoms with E-state index in [1.807, 2.05) is 23.1 Å². The van der Waals surface area contributed by atoms with Gasteiger partial charge >= 0.3 is 0 Å². The highest BCUT2D eigenvalue weighted by molar-refractivity contribution is 6.08. The fraction of sp³-hybridized carbons (Fsp3) is 0.429. The summed E-state index contributed by atoms with van der Waals surface area (Å²) < 4.78 is 0. The topological polar surface area (TPSA) is 39.7 Å². The van der Waals surface area contributed by atoms with Crippen molar-refractivity contribution >= 4 is 17.3 Å². The van der Waals surface area contributed by atoms with Crippen LogP contribution in [-0.2, 0) is 0 Å². The monoisotopic (exact) mass is 350 g/mol. The molecule has 3 heterocycles. The number of hydrogen-bond acceptors (Lipinski definition) is 4. The van der Waals surface area contributed by atoms with Crippen molar-refractivity contribution in [2.24, 2.45) is 0 Å². The second-order valence-electron chi connectivity index (χ2n) is 7.08. The zero-order chi connectivity index (χ0) is 17.8. The highest BCUT2D eigenvalue weighted by atomic mass is 16.2. The Morgan fingerprint density at radius 3 is 2.46 bits per heavy atom. The SMILES string of the molecule is O=C(c1cccnc1)N1CCN(CCN2CCCCC2)c2ccccc21. The molecule has 0 bridgehead atoms. The summed E-state index contributed by atoms with van der Waals surface area (Å²) >= 11 is 0. The van der Waals surface area contributed by atoms with Crippen molar-refractivity contribution in [2.45, 2.75) is 19.3 Å². The minimum atomic E-state index is 0.0289. The molecule has 0 atom stereocenters. The Kier molecular flexibility index (Phi) is 5.16. The van der Waals surface area contributed by atoms with E-state index in [1.165, 1.54) is 32.4 Å². The van der Waals surface area contributed by atoms with Crippen LogP contribution in [0.4, 0.5) is 11.4 Å². The van der Waals surface area contributed by atoms with Crippen LogP contribution in [0.1, 0.15) is 29.6 Å². The molecule has 5 heteroatoms. The molecule has 26 heavy (non-hydrogen) atoms. The maximum atomic E-state index is 12.9. The summed E-state index contributed by atoms with van der Waals surface area (Å²) in [6.07, 6.45) is 7.36. The zero-order valence-electron chi connectivity index (χ0n) is 15.2. The summed E-state index contributed by atoms with van der Waals surface area (Å²) in [6.45, 7) is 6.15. The molecule has 2 aromatic rings. The maximum absolute atomic E-state index is 12.9. The largest absolute Gasteiger partial charge is 0.367 e. The van der Waals surface area contributed by atoms with E-state index in [0.717, 1.165) is 31.0 Å². The number of para-hydroxylation sites is 2. The average Bonchev–Trinajstić information content (AvgIpc) is 2.73. The number of piperidine rings is 1. The molecule has 0 radical (unpaired) electrons. The molecule has 2 aliphatic heterocycles. The van der Waals surface area contributed by atoms with Crippen molar-refractivity contribution in [1.82, 2.24) is 9.88 Å². The predicted molar refractivity (Wildman–Crippen MR) is 105 cm³/mol. The van der Waals surface area contributed by atoms with Crippen LogP contribution in [0, 0.1) is 0 Å². The van der Waals surface area contributed by atoms with Crippen molar-refractivity contribution in [2.75, 3.05) is 49.1 Å². The number of anilines is 2. The summed E-state index contributed by atoms with van der Waals surface area (Å²) in [5, 5.41) is 0. The first kappa shape index (κ1) is 17.0. The Bertz CT molecular complexity index is 743. The third-order valence-electron chi connectivity index (χ3n) is 5.40. The number of rotatable bonds is 4. The first-order valence-electron chi connectivity index (χ1n) is 9.61. The lowest BCUT2D eigenvalue weighted by molar-refractivity contribution is 0.0986. The van der Waals surface area contributed by atoms with Gasteiger partial charge in [-0.25, -0.2) is 0 Å². The van der Waals surface area contributed by atoms with E-state index in [2.05, 4.69) is 33.0 Å². The number of amides is 1. The van der Waals surface area contributed by atoms with Crippen LogP contribution in [0.5, 0.6) is 0 Å². The minimum Gasteiger partial charge on any atom is -0.367 e. The lowest BCUT2D eigenvalue weighted by Gasteiger charge is -2.39. The van der Waals surface area contributed by atoms with Gasteiger partial charge in [0.15, 0.2) is 0 Å². The van der Waals surface area contributed by atoms with Crippen LogP contribution < -0.4 is 9.80 Å². The number of likely N-dealkylation sites (tertiary alicyclic amines) is 1. The number of hydrogen-bond donors (Lipinski definition) is 0. The molecule has 2 aliphatic rings. The van der Waals surface area contributed by atoms with Crippen LogP contribution in [0.3, 0.4) is 0 Å². The molecule has 1 saturated heterocycles. The molecule has 1 fully saturated rings. The number of benzene rings is 1. The van der Waals surface area contributed by atoms with Crippen molar-refractivity contribution in [1.29, 1.82) is 0 Å². The van der Waals surface area contributed by atoms with Crippen molar-refractivity contribution < 1.29 is 4.79 Å². The lowest BCUT2D eigenvalue weighted by Crippen LogP contribution is -2.46. The van der Waals surface area contributed by atoms with E-state index in [4.69, 9.17) is 0 Å². The number of aromatic nitrogens is 1. The number of nitrogens with zero attached hydrogens (tertiary/aromatic N) is 4. The van der Waals surface area contributed by atoms with E-state index >= 15 is 0 Å². The molecule has 0 aliphatic carbocycles. The highest BCUT2D eigenvalue weighted by Gasteiger charge is 2.27. The van der Waals surface area contributed by atoms with E-state index in [1.54, 1.807) is 12.4 Å². The summed E-state index contributed by atoms with van der Waals surface area (Å²) in [4.78, 5) is 23.9. The van der Waals surface area contributed by atoms with Crippen LogP contribution in [0.2, 0.25) is 0 Å². The second-order valence-corrected chi connectivity index (χ2v) is 7.08. The third kappa shape index (κ3) is 3.58. The molecular formula is C21H26N4O. The van der Waals surface area contributed by atoms with Gasteiger partial charge in [-0.05, 0) is 50.2 Å². The summed E-state index contributed by atoms with van der Waals surface area (Å²) in [5.74, 6) is 0.0289. The van der Waals surface area contributed by atoms with E-state index < -0.39 is 0 Å². The Morgan fingerprint density at radius 2 is 1.69 bits per heavy atom. The van der Waals surface area contributed by atoms with Gasteiger partial charge in [0, 0.05) is 38.6 Å². The molecule has 0 saturated carbocycles. The van der Waals surface area contributed by atoms with Gasteiger partial charge in [0.2, 0.25) is 0 Å². The molecule has 1 aromatic heterocycles. The fourth-order valence-corrected chi connectivity index (χ4v) is 3.95. The number of fused-ring (bicyclic) bond motifs is 1. The molecule has 0 spiro atoms. The number of carbonyl (C=O) groups excluding carboxylic acids is 1. The average molecular weight is 350 g/mol. The molecule has 136 valence electrons. The Labute approximate surface area is 155 Å². The third-order valence-corrected chi connectivity index (χ3v) is 5.40. The molecule has 0 N–H and O–H groups in total. The van der Waals surface area contributed by atoms with Crippen molar-refractivity contribution in [3.8, 4) is 0 Å². The predicted octanol–water partition coefficient (Wildman–Crippen LogP) is 3.03. The first-order chi connectivity index (χ1) is 12.8. The molecule has 1 aromatic carbocycles. The van der Waals surface area contributed by atoms with Gasteiger partial charge in [0.1, 0.15) is 0 Å². The van der Waals surface area contributed by atoms with Crippen LogP contribution in [0.25, 0.3) is 0 Å². The quantitative estimate of drug-likeness (QED) is 0.850. The van der Waals surface area contributed by atoms with Gasteiger partial charge in [-0.1, -0.05) is 18.6 Å². The smallest absolute Gasteiger partial charge is 0.259 e. The molecule has 1 amide bonds. The van der Waals surface area contributed by atoms with Crippen LogP contribution >= 0.6 is 0 Å². The molecule has 0 unspecified atom stereocenters. The Balaban J connectivity index is 1.50. The van der Waals surface area contributed by atoms with Gasteiger partial charge in [-0.15, -0.1) is 0 Å². The van der Waals surface area contributed by atoms with Crippen molar-refractivity contribution in [3.63, 3.8) is 0 Å². The van der Waals surface area contributed by atoms with Gasteiger partial charge in [-0.3, -0.25) is 9.78 Å². The minimum absolute atomic E-state index is 0.0289. The first-order valence-corrected chi connectivity index (χ1v) is 9.61. The summed E-state index contributed by atoms with van der Waals surface area (Å²) in [6, 6.07) is 11.9. The maximum Gasteiger partial charge on any atom is 0.259 e. The summed E-state index contributed by atoms with van der Waals surface area (Å²) in [5.41, 5.74) is 2.81. The Morgan fingerprint density at radius 1 is 0.885 bits per heavy atom. The van der Waals surface area contributed by atoms with Gasteiger partial charge in [0.05, 0.1) is 16.9 Å².